The second-order valence-corrected chi connectivity index (χ2v) is 6.59. The number of fused-ring (bicyclic) bond motifs is 3. The van der Waals surface area contributed by atoms with Crippen LogP contribution in [0.3, 0.4) is 0 Å². The Balaban J connectivity index is 0.00000156. The van der Waals surface area contributed by atoms with Crippen molar-refractivity contribution in [3.63, 3.8) is 0 Å². The van der Waals surface area contributed by atoms with Gasteiger partial charge in [0.15, 0.2) is 0 Å². The van der Waals surface area contributed by atoms with Crippen LogP contribution in [0.5, 0.6) is 5.75 Å². The normalized spacial score (nSPS) is 25.7. The maximum atomic E-state index is 5.89. The third-order valence-electron chi connectivity index (χ3n) is 5.21. The molecule has 1 unspecified atom stereocenters. The zero-order chi connectivity index (χ0) is 14.8. The Bertz CT molecular complexity index is 605. The highest BCUT2D eigenvalue weighted by Gasteiger charge is 2.34. The predicted octanol–water partition coefficient (Wildman–Crippen LogP) is 4.50. The summed E-state index contributed by atoms with van der Waals surface area (Å²) in [6.07, 6.45) is 2.74. The van der Waals surface area contributed by atoms with Gasteiger partial charge in [-0.1, -0.05) is 42.5 Å². The van der Waals surface area contributed by atoms with Crippen molar-refractivity contribution in [2.45, 2.75) is 25.4 Å². The molecule has 2 aromatic carbocycles. The van der Waals surface area contributed by atoms with Crippen LogP contribution in [0.4, 0.5) is 0 Å². The van der Waals surface area contributed by atoms with Crippen LogP contribution in [0, 0.1) is 5.92 Å². The molecule has 3 aliphatic rings. The summed E-state index contributed by atoms with van der Waals surface area (Å²) in [6, 6.07) is 19.1. The average molecular weight is 330 g/mol. The molecule has 122 valence electrons. The number of rotatable bonds is 4. The van der Waals surface area contributed by atoms with E-state index in [2.05, 4.69) is 53.4 Å². The number of hydrogen-bond acceptors (Lipinski definition) is 2. The fourth-order valence-electron chi connectivity index (χ4n) is 3.89. The molecule has 0 aromatic heterocycles. The van der Waals surface area contributed by atoms with Gasteiger partial charge in [0.2, 0.25) is 0 Å². The summed E-state index contributed by atoms with van der Waals surface area (Å²) in [5.74, 6) is 2.58. The van der Waals surface area contributed by atoms with E-state index in [0.29, 0.717) is 6.61 Å². The first-order valence-corrected chi connectivity index (χ1v) is 8.37. The minimum atomic E-state index is 0. The molecule has 23 heavy (non-hydrogen) atoms. The number of halogens is 1. The molecular formula is C20H24ClNO. The SMILES string of the molecule is Cl.c1ccc(COc2ccc(C3CN4CCC3CC4)cc2)cc1. The molecule has 0 N–H and O–H groups in total. The molecule has 0 radical (unpaired) electrons. The van der Waals surface area contributed by atoms with Crippen LogP contribution in [0.2, 0.25) is 0 Å². The molecule has 3 saturated heterocycles. The predicted molar refractivity (Wildman–Crippen MR) is 96.4 cm³/mol. The molecule has 0 spiro atoms. The Morgan fingerprint density at radius 3 is 2.22 bits per heavy atom. The maximum absolute atomic E-state index is 5.89. The average Bonchev–Trinajstić information content (AvgIpc) is 2.62. The summed E-state index contributed by atoms with van der Waals surface area (Å²) in [6.45, 7) is 4.49. The highest BCUT2D eigenvalue weighted by molar-refractivity contribution is 5.85. The lowest BCUT2D eigenvalue weighted by Gasteiger charge is -2.45. The van der Waals surface area contributed by atoms with Crippen LogP contribution in [-0.4, -0.2) is 24.5 Å². The van der Waals surface area contributed by atoms with E-state index in [0.717, 1.165) is 17.6 Å². The minimum Gasteiger partial charge on any atom is -0.489 e. The number of piperidine rings is 3. The Labute approximate surface area is 144 Å². The van der Waals surface area contributed by atoms with Crippen molar-refractivity contribution in [1.29, 1.82) is 0 Å². The molecule has 3 heteroatoms. The summed E-state index contributed by atoms with van der Waals surface area (Å²) >= 11 is 0. The smallest absolute Gasteiger partial charge is 0.119 e. The summed E-state index contributed by atoms with van der Waals surface area (Å²) in [4.78, 5) is 2.62. The largest absolute Gasteiger partial charge is 0.489 e. The van der Waals surface area contributed by atoms with Gasteiger partial charge < -0.3 is 9.64 Å². The third kappa shape index (κ3) is 3.70. The lowest BCUT2D eigenvalue weighted by atomic mass is 9.75. The van der Waals surface area contributed by atoms with Gasteiger partial charge in [0.05, 0.1) is 0 Å². The molecule has 2 nitrogen and oxygen atoms in total. The van der Waals surface area contributed by atoms with Crippen LogP contribution in [0.15, 0.2) is 54.6 Å². The number of ether oxygens (including phenoxy) is 1. The van der Waals surface area contributed by atoms with Gasteiger partial charge in [0.25, 0.3) is 0 Å². The lowest BCUT2D eigenvalue weighted by molar-refractivity contribution is 0.0871. The molecule has 0 amide bonds. The Hall–Kier alpha value is -1.51. The van der Waals surface area contributed by atoms with Crippen molar-refractivity contribution >= 4 is 12.4 Å². The van der Waals surface area contributed by atoms with E-state index in [1.165, 1.54) is 43.6 Å². The van der Waals surface area contributed by atoms with Crippen LogP contribution in [-0.2, 0) is 6.61 Å². The van der Waals surface area contributed by atoms with E-state index in [4.69, 9.17) is 4.74 Å². The molecule has 3 aliphatic heterocycles. The van der Waals surface area contributed by atoms with Crippen molar-refractivity contribution in [2.75, 3.05) is 19.6 Å². The van der Waals surface area contributed by atoms with Crippen LogP contribution in [0.25, 0.3) is 0 Å². The highest BCUT2D eigenvalue weighted by atomic mass is 35.5. The van der Waals surface area contributed by atoms with Gasteiger partial charge in [0, 0.05) is 6.54 Å². The monoisotopic (exact) mass is 329 g/mol. The van der Waals surface area contributed by atoms with Crippen molar-refractivity contribution in [3.8, 4) is 5.75 Å². The van der Waals surface area contributed by atoms with E-state index < -0.39 is 0 Å². The molecule has 1 atom stereocenters. The molecule has 0 saturated carbocycles. The van der Waals surface area contributed by atoms with Crippen molar-refractivity contribution in [2.24, 2.45) is 5.92 Å². The summed E-state index contributed by atoms with van der Waals surface area (Å²) in [7, 11) is 0. The molecule has 3 fully saturated rings. The van der Waals surface area contributed by atoms with Gasteiger partial charge in [-0.2, -0.15) is 0 Å². The van der Waals surface area contributed by atoms with Gasteiger partial charge in [-0.25, -0.2) is 0 Å². The van der Waals surface area contributed by atoms with Crippen LogP contribution >= 0.6 is 12.4 Å². The van der Waals surface area contributed by atoms with E-state index >= 15 is 0 Å². The zero-order valence-electron chi connectivity index (χ0n) is 13.4. The van der Waals surface area contributed by atoms with Crippen LogP contribution < -0.4 is 4.74 Å². The Kier molecular flexibility index (Phi) is 5.24. The van der Waals surface area contributed by atoms with Gasteiger partial charge >= 0.3 is 0 Å². The van der Waals surface area contributed by atoms with Crippen molar-refractivity contribution in [3.05, 3.63) is 65.7 Å². The summed E-state index contributed by atoms with van der Waals surface area (Å²) in [5.41, 5.74) is 2.70. The van der Waals surface area contributed by atoms with E-state index in [1.807, 2.05) is 6.07 Å². The molecule has 2 bridgehead atoms. The van der Waals surface area contributed by atoms with Gasteiger partial charge in [-0.05, 0) is 61.0 Å². The molecule has 3 heterocycles. The quantitative estimate of drug-likeness (QED) is 0.819. The molecule has 2 aromatic rings. The van der Waals surface area contributed by atoms with Crippen molar-refractivity contribution in [1.82, 2.24) is 4.90 Å². The second kappa shape index (κ2) is 7.37. The first kappa shape index (κ1) is 16.4. The van der Waals surface area contributed by atoms with Crippen molar-refractivity contribution < 1.29 is 4.74 Å². The fourth-order valence-corrected chi connectivity index (χ4v) is 3.89. The first-order chi connectivity index (χ1) is 10.9. The zero-order valence-corrected chi connectivity index (χ0v) is 14.2. The second-order valence-electron chi connectivity index (χ2n) is 6.59. The van der Waals surface area contributed by atoms with Crippen LogP contribution in [0.1, 0.15) is 29.9 Å². The topological polar surface area (TPSA) is 12.5 Å². The van der Waals surface area contributed by atoms with E-state index in [-0.39, 0.29) is 12.4 Å². The molecular weight excluding hydrogens is 306 g/mol. The first-order valence-electron chi connectivity index (χ1n) is 8.37. The summed E-state index contributed by atoms with van der Waals surface area (Å²) in [5, 5.41) is 0. The minimum absolute atomic E-state index is 0. The van der Waals surface area contributed by atoms with E-state index in [1.54, 1.807) is 0 Å². The van der Waals surface area contributed by atoms with Gasteiger partial charge in [0.1, 0.15) is 12.4 Å². The number of nitrogens with zero attached hydrogens (tertiary/aromatic N) is 1. The molecule has 0 aliphatic carbocycles. The summed E-state index contributed by atoms with van der Waals surface area (Å²) < 4.78 is 5.89. The maximum Gasteiger partial charge on any atom is 0.119 e. The van der Waals surface area contributed by atoms with E-state index in [9.17, 15) is 0 Å². The third-order valence-corrected chi connectivity index (χ3v) is 5.21. The Morgan fingerprint density at radius 2 is 1.61 bits per heavy atom. The number of benzene rings is 2. The van der Waals surface area contributed by atoms with Gasteiger partial charge in [-0.15, -0.1) is 12.4 Å². The fraction of sp³-hybridized carbons (Fsp3) is 0.400. The lowest BCUT2D eigenvalue weighted by Crippen LogP contribution is -2.46. The highest BCUT2D eigenvalue weighted by Crippen LogP contribution is 2.39. The Morgan fingerprint density at radius 1 is 0.913 bits per heavy atom. The van der Waals surface area contributed by atoms with Gasteiger partial charge in [-0.3, -0.25) is 0 Å². The molecule has 5 rings (SSSR count). The number of hydrogen-bond donors (Lipinski definition) is 0. The standard InChI is InChI=1S/C20H23NO.ClH/c1-2-4-16(5-3-1)15-22-19-8-6-17(7-9-19)20-14-21-12-10-18(20)11-13-21;/h1-9,18,20H,10-15H2;1H.